The van der Waals surface area contributed by atoms with Gasteiger partial charge in [-0.3, -0.25) is 0 Å². The van der Waals surface area contributed by atoms with E-state index in [-0.39, 0.29) is 17.2 Å². The van der Waals surface area contributed by atoms with Gasteiger partial charge in [0.25, 0.3) is 0 Å². The van der Waals surface area contributed by atoms with E-state index in [2.05, 4.69) is 16.8 Å². The maximum Gasteiger partial charge on any atom is 0.336 e. The summed E-state index contributed by atoms with van der Waals surface area (Å²) in [5.74, 6) is -0.151. The summed E-state index contributed by atoms with van der Waals surface area (Å²) < 4.78 is 27.7. The smallest absolute Gasteiger partial charge is 0.336 e. The zero-order valence-electron chi connectivity index (χ0n) is 23.0. The minimum atomic E-state index is -3.36. The van der Waals surface area contributed by atoms with Gasteiger partial charge >= 0.3 is 5.97 Å². The second kappa shape index (κ2) is 12.4. The number of anilines is 1. The van der Waals surface area contributed by atoms with Crippen molar-refractivity contribution in [1.29, 1.82) is 0 Å². The molecule has 0 saturated carbocycles. The fraction of sp³-hybridized carbons (Fsp3) is 0.212. The number of fused-ring (bicyclic) bond motifs is 1. The van der Waals surface area contributed by atoms with Crippen LogP contribution in [0.4, 0.5) is 5.69 Å². The molecule has 8 heteroatoms. The number of aryl methyl sites for hydroxylation is 1. The number of imidazole rings is 1. The van der Waals surface area contributed by atoms with Crippen molar-refractivity contribution in [3.8, 4) is 11.1 Å². The van der Waals surface area contributed by atoms with Gasteiger partial charge < -0.3 is 15.0 Å². The normalized spacial score (nSPS) is 11.5. The second-order valence-corrected chi connectivity index (χ2v) is 12.2. The first-order valence-corrected chi connectivity index (χ1v) is 15.5. The third kappa shape index (κ3) is 6.84. The molecular weight excluding hydrogens is 534 g/mol. The molecule has 0 spiro atoms. The average molecular weight is 568 g/mol. The number of hydrogen-bond acceptors (Lipinski definition) is 5. The number of aromatic carboxylic acids is 1. The van der Waals surface area contributed by atoms with Gasteiger partial charge in [0.2, 0.25) is 0 Å². The Hall–Kier alpha value is -4.43. The number of nitrogens with one attached hydrogen (secondary N) is 1. The van der Waals surface area contributed by atoms with Crippen molar-refractivity contribution in [3.05, 3.63) is 120 Å². The predicted molar refractivity (Wildman–Crippen MR) is 164 cm³/mol. The highest BCUT2D eigenvalue weighted by molar-refractivity contribution is 7.90. The van der Waals surface area contributed by atoms with E-state index in [9.17, 15) is 18.3 Å². The molecule has 1 heterocycles. The fourth-order valence-electron chi connectivity index (χ4n) is 4.95. The molecule has 0 unspecified atom stereocenters. The van der Waals surface area contributed by atoms with Crippen molar-refractivity contribution in [2.24, 2.45) is 0 Å². The maximum absolute atomic E-state index is 12.7. The summed E-state index contributed by atoms with van der Waals surface area (Å²) in [5, 5.41) is 12.7. The number of rotatable bonds is 12. The summed E-state index contributed by atoms with van der Waals surface area (Å²) in [6.07, 6.45) is 2.90. The van der Waals surface area contributed by atoms with Crippen LogP contribution >= 0.6 is 0 Å². The van der Waals surface area contributed by atoms with Gasteiger partial charge in [0, 0.05) is 18.7 Å². The number of carboxylic acids is 1. The Morgan fingerprint density at radius 2 is 1.63 bits per heavy atom. The van der Waals surface area contributed by atoms with E-state index in [4.69, 9.17) is 4.98 Å². The largest absolute Gasteiger partial charge is 0.478 e. The average Bonchev–Trinajstić information content (AvgIpc) is 3.32. The number of carboxylic acid groups (broad SMARTS) is 1. The first-order chi connectivity index (χ1) is 19.8. The Balaban J connectivity index is 1.39. The molecule has 1 aromatic heterocycles. The van der Waals surface area contributed by atoms with Crippen LogP contribution in [-0.2, 0) is 28.6 Å². The van der Waals surface area contributed by atoms with Gasteiger partial charge in [0.05, 0.1) is 22.3 Å². The molecular formula is C33H33N3O4S. The molecule has 4 aromatic carbocycles. The lowest BCUT2D eigenvalue weighted by atomic mass is 9.99. The summed E-state index contributed by atoms with van der Waals surface area (Å²) in [4.78, 5) is 16.6. The van der Waals surface area contributed by atoms with Gasteiger partial charge in [-0.1, -0.05) is 86.1 Å². The third-order valence-corrected chi connectivity index (χ3v) is 8.43. The second-order valence-electron chi connectivity index (χ2n) is 10.2. The van der Waals surface area contributed by atoms with Crippen molar-refractivity contribution >= 4 is 32.5 Å². The van der Waals surface area contributed by atoms with Crippen molar-refractivity contribution in [2.75, 3.05) is 11.2 Å². The summed E-state index contributed by atoms with van der Waals surface area (Å²) in [5.41, 5.74) is 6.13. The summed E-state index contributed by atoms with van der Waals surface area (Å²) in [7, 11) is -3.36. The number of unbranched alkanes of at least 4 members (excludes halogenated alkanes) is 1. The van der Waals surface area contributed by atoms with E-state index in [0.29, 0.717) is 12.1 Å². The molecule has 41 heavy (non-hydrogen) atoms. The molecule has 0 atom stereocenters. The highest BCUT2D eigenvalue weighted by Gasteiger charge is 2.15. The third-order valence-electron chi connectivity index (χ3n) is 7.07. The number of benzene rings is 4. The van der Waals surface area contributed by atoms with Crippen LogP contribution in [0.1, 0.15) is 47.1 Å². The van der Waals surface area contributed by atoms with Gasteiger partial charge in [-0.15, -0.1) is 0 Å². The molecule has 0 saturated heterocycles. The molecule has 0 aliphatic rings. The predicted octanol–water partition coefficient (Wildman–Crippen LogP) is 6.78. The lowest BCUT2D eigenvalue weighted by Crippen LogP contribution is -2.16. The van der Waals surface area contributed by atoms with Gasteiger partial charge in [0.1, 0.15) is 11.7 Å². The Morgan fingerprint density at radius 1 is 0.902 bits per heavy atom. The van der Waals surface area contributed by atoms with Crippen LogP contribution in [0, 0.1) is 0 Å². The van der Waals surface area contributed by atoms with Gasteiger partial charge in [-0.2, -0.15) is 0 Å². The highest BCUT2D eigenvalue weighted by atomic mass is 32.2. The standard InChI is InChI=1S/C33H33N3O4S/c1-2-3-13-32-35-30-19-18-27(34-23-41(39,40)22-25-9-5-4-6-10-25)20-31(30)36(32)21-24-14-16-26(17-15-24)28-11-7-8-12-29(28)33(37)38/h4-12,14-20,34H,2-3,13,21-23H2,1H3,(H,37,38). The summed E-state index contributed by atoms with van der Waals surface area (Å²) in [6, 6.07) is 29.9. The SMILES string of the molecule is CCCCc1nc2ccc(NCS(=O)(=O)Cc3ccccc3)cc2n1Cc1ccc(-c2ccccc2C(=O)O)cc1. The van der Waals surface area contributed by atoms with Crippen molar-refractivity contribution in [3.63, 3.8) is 0 Å². The lowest BCUT2D eigenvalue weighted by molar-refractivity contribution is 0.0697. The minimum Gasteiger partial charge on any atom is -0.478 e. The molecule has 0 fully saturated rings. The zero-order chi connectivity index (χ0) is 28.8. The minimum absolute atomic E-state index is 0.0187. The topological polar surface area (TPSA) is 101 Å². The molecule has 2 N–H and O–H groups in total. The molecule has 0 radical (unpaired) electrons. The van der Waals surface area contributed by atoms with E-state index in [1.54, 1.807) is 12.1 Å². The van der Waals surface area contributed by atoms with Gasteiger partial charge in [-0.25, -0.2) is 18.2 Å². The Labute approximate surface area is 240 Å². The van der Waals surface area contributed by atoms with Crippen LogP contribution in [0.5, 0.6) is 0 Å². The maximum atomic E-state index is 12.7. The first-order valence-electron chi connectivity index (χ1n) is 13.7. The van der Waals surface area contributed by atoms with Crippen LogP contribution in [0.25, 0.3) is 22.2 Å². The molecule has 0 amide bonds. The number of hydrogen-bond donors (Lipinski definition) is 2. The monoisotopic (exact) mass is 567 g/mol. The van der Waals surface area contributed by atoms with Gasteiger partial charge in [0.15, 0.2) is 9.84 Å². The van der Waals surface area contributed by atoms with E-state index in [0.717, 1.165) is 58.5 Å². The lowest BCUT2D eigenvalue weighted by Gasteiger charge is -2.12. The highest BCUT2D eigenvalue weighted by Crippen LogP contribution is 2.27. The molecule has 0 aliphatic heterocycles. The number of sulfone groups is 1. The van der Waals surface area contributed by atoms with E-state index >= 15 is 0 Å². The van der Waals surface area contributed by atoms with E-state index < -0.39 is 15.8 Å². The summed E-state index contributed by atoms with van der Waals surface area (Å²) >= 11 is 0. The Bertz CT molecular complexity index is 1760. The van der Waals surface area contributed by atoms with Crippen molar-refractivity contribution in [2.45, 2.75) is 38.5 Å². The van der Waals surface area contributed by atoms with Crippen molar-refractivity contribution < 1.29 is 18.3 Å². The van der Waals surface area contributed by atoms with Gasteiger partial charge in [-0.05, 0) is 52.9 Å². The van der Waals surface area contributed by atoms with Crippen LogP contribution in [-0.4, -0.2) is 34.9 Å². The zero-order valence-corrected chi connectivity index (χ0v) is 23.8. The Kier molecular flexibility index (Phi) is 8.50. The van der Waals surface area contributed by atoms with Crippen LogP contribution < -0.4 is 5.32 Å². The van der Waals surface area contributed by atoms with Crippen LogP contribution in [0.3, 0.4) is 0 Å². The number of carbonyl (C=O) groups is 1. The van der Waals surface area contributed by atoms with Crippen LogP contribution in [0.15, 0.2) is 97.1 Å². The van der Waals surface area contributed by atoms with Crippen LogP contribution in [0.2, 0.25) is 0 Å². The molecule has 210 valence electrons. The summed E-state index contributed by atoms with van der Waals surface area (Å²) in [6.45, 7) is 2.74. The number of nitrogens with zero attached hydrogens (tertiary/aromatic N) is 2. The first kappa shape index (κ1) is 28.1. The fourth-order valence-corrected chi connectivity index (χ4v) is 6.14. The quantitative estimate of drug-likeness (QED) is 0.172. The molecule has 5 rings (SSSR count). The molecule has 0 bridgehead atoms. The van der Waals surface area contributed by atoms with E-state index in [1.807, 2.05) is 84.9 Å². The van der Waals surface area contributed by atoms with Crippen molar-refractivity contribution in [1.82, 2.24) is 9.55 Å². The molecule has 7 nitrogen and oxygen atoms in total. The number of aromatic nitrogens is 2. The molecule has 5 aromatic rings. The molecule has 0 aliphatic carbocycles. The van der Waals surface area contributed by atoms with E-state index in [1.165, 1.54) is 0 Å². The Morgan fingerprint density at radius 3 is 2.37 bits per heavy atom.